The summed E-state index contributed by atoms with van der Waals surface area (Å²) in [6.07, 6.45) is 1.68. The van der Waals surface area contributed by atoms with Crippen molar-refractivity contribution >= 4 is 17.6 Å². The maximum absolute atomic E-state index is 13.0. The van der Waals surface area contributed by atoms with E-state index in [9.17, 15) is 18.0 Å². The third kappa shape index (κ3) is 5.14. The van der Waals surface area contributed by atoms with Crippen molar-refractivity contribution in [3.8, 4) is 5.75 Å². The van der Waals surface area contributed by atoms with Gasteiger partial charge in [-0.3, -0.25) is 4.79 Å². The molecule has 0 spiro atoms. The van der Waals surface area contributed by atoms with Crippen molar-refractivity contribution in [3.63, 3.8) is 0 Å². The number of rotatable bonds is 7. The maximum Gasteiger partial charge on any atom is 0.387 e. The molecule has 0 saturated carbocycles. The molecular weight excluding hydrogens is 413 g/mol. The fourth-order valence-corrected chi connectivity index (χ4v) is 3.39. The fraction of sp³-hybridized carbons (Fsp3) is 0.286. The molecule has 1 saturated heterocycles. The Hall–Kier alpha value is -3.56. The van der Waals surface area contributed by atoms with Gasteiger partial charge in [0, 0.05) is 18.7 Å². The lowest BCUT2D eigenvalue weighted by Crippen LogP contribution is -2.47. The minimum absolute atomic E-state index is 0.0254. The topological polar surface area (TPSA) is 80.5 Å². The average Bonchev–Trinajstić information content (AvgIpc) is 3.18. The predicted molar refractivity (Wildman–Crippen MR) is 106 cm³/mol. The van der Waals surface area contributed by atoms with Crippen LogP contribution in [0.1, 0.15) is 24.2 Å². The van der Waals surface area contributed by atoms with Gasteiger partial charge in [0.05, 0.1) is 0 Å². The highest BCUT2D eigenvalue weighted by molar-refractivity contribution is 5.99. The van der Waals surface area contributed by atoms with Gasteiger partial charge in [-0.2, -0.15) is 13.8 Å². The lowest BCUT2D eigenvalue weighted by atomic mass is 10.0. The second kappa shape index (κ2) is 9.07. The number of halogens is 3. The minimum Gasteiger partial charge on any atom is -0.435 e. The van der Waals surface area contributed by atoms with Gasteiger partial charge < -0.3 is 19.5 Å². The number of ether oxygens (including phenoxy) is 1. The zero-order valence-electron chi connectivity index (χ0n) is 16.3. The number of hydrogen-bond acceptors (Lipinski definition) is 6. The number of amides is 1. The van der Waals surface area contributed by atoms with E-state index in [2.05, 4.69) is 20.2 Å². The Morgan fingerprint density at radius 3 is 2.61 bits per heavy atom. The third-order valence-corrected chi connectivity index (χ3v) is 4.85. The lowest BCUT2D eigenvalue weighted by Gasteiger charge is -2.32. The highest BCUT2D eigenvalue weighted by Gasteiger charge is 2.31. The van der Waals surface area contributed by atoms with Crippen LogP contribution in [0.3, 0.4) is 0 Å². The highest BCUT2D eigenvalue weighted by atomic mass is 19.3. The van der Waals surface area contributed by atoms with Gasteiger partial charge in [-0.25, -0.2) is 4.39 Å². The Morgan fingerprint density at radius 2 is 1.90 bits per heavy atom. The second-order valence-corrected chi connectivity index (χ2v) is 7.02. The largest absolute Gasteiger partial charge is 0.435 e. The number of nitrogens with zero attached hydrogens (tertiary/aromatic N) is 3. The summed E-state index contributed by atoms with van der Waals surface area (Å²) in [4.78, 5) is 18.7. The monoisotopic (exact) mass is 432 g/mol. The Morgan fingerprint density at radius 1 is 1.16 bits per heavy atom. The Balaban J connectivity index is 1.39. The van der Waals surface area contributed by atoms with Crippen LogP contribution in [-0.4, -0.2) is 35.2 Å². The summed E-state index contributed by atoms with van der Waals surface area (Å²) < 4.78 is 47.2. The summed E-state index contributed by atoms with van der Waals surface area (Å²) in [5.74, 6) is -0.0795. The van der Waals surface area contributed by atoms with Gasteiger partial charge in [0.15, 0.2) is 5.82 Å². The van der Waals surface area contributed by atoms with Crippen molar-refractivity contribution in [1.29, 1.82) is 0 Å². The molecular formula is C21H19F3N4O3. The molecule has 2 aromatic carbocycles. The molecule has 0 radical (unpaired) electrons. The molecule has 1 aliphatic heterocycles. The van der Waals surface area contributed by atoms with Crippen LogP contribution in [0.2, 0.25) is 0 Å². The number of anilines is 2. The molecule has 3 aromatic rings. The van der Waals surface area contributed by atoms with Crippen LogP contribution in [0.5, 0.6) is 5.75 Å². The van der Waals surface area contributed by atoms with Crippen molar-refractivity contribution < 1.29 is 27.2 Å². The molecule has 0 bridgehead atoms. The zero-order valence-corrected chi connectivity index (χ0v) is 16.3. The second-order valence-electron chi connectivity index (χ2n) is 7.02. The Labute approximate surface area is 175 Å². The quantitative estimate of drug-likeness (QED) is 0.608. The maximum atomic E-state index is 13.0. The van der Waals surface area contributed by atoms with E-state index in [1.54, 1.807) is 29.2 Å². The third-order valence-electron chi connectivity index (χ3n) is 4.85. The Bertz CT molecular complexity index is 1030. The molecule has 4 rings (SSSR count). The van der Waals surface area contributed by atoms with Crippen LogP contribution in [-0.2, 0) is 11.2 Å². The predicted octanol–water partition coefficient (Wildman–Crippen LogP) is 4.01. The van der Waals surface area contributed by atoms with E-state index in [0.717, 1.165) is 12.0 Å². The van der Waals surface area contributed by atoms with E-state index >= 15 is 0 Å². The minimum atomic E-state index is -2.90. The van der Waals surface area contributed by atoms with Crippen molar-refractivity contribution in [1.82, 2.24) is 10.1 Å². The molecule has 1 unspecified atom stereocenters. The summed E-state index contributed by atoms with van der Waals surface area (Å²) in [5, 5.41) is 6.86. The highest BCUT2D eigenvalue weighted by Crippen LogP contribution is 2.25. The molecule has 1 amide bonds. The molecule has 0 aliphatic carbocycles. The normalized spacial score (nSPS) is 16.6. The van der Waals surface area contributed by atoms with E-state index in [1.807, 2.05) is 0 Å². The van der Waals surface area contributed by atoms with Gasteiger partial charge >= 0.3 is 12.6 Å². The summed E-state index contributed by atoms with van der Waals surface area (Å²) in [5.41, 5.74) is 1.41. The van der Waals surface area contributed by atoms with E-state index in [1.165, 1.54) is 24.3 Å². The Kier molecular flexibility index (Phi) is 6.06. The van der Waals surface area contributed by atoms with E-state index in [-0.39, 0.29) is 23.5 Å². The van der Waals surface area contributed by atoms with E-state index < -0.39 is 12.7 Å². The molecule has 31 heavy (non-hydrogen) atoms. The van der Waals surface area contributed by atoms with Crippen LogP contribution < -0.4 is 15.0 Å². The number of hydrogen-bond donors (Lipinski definition) is 1. The number of piperidine rings is 1. The summed E-state index contributed by atoms with van der Waals surface area (Å²) in [6, 6.07) is 11.5. The number of carbonyl (C=O) groups excluding carboxylic acids is 1. The van der Waals surface area contributed by atoms with E-state index in [4.69, 9.17) is 4.52 Å². The molecule has 10 heteroatoms. The fourth-order valence-electron chi connectivity index (χ4n) is 3.39. The van der Waals surface area contributed by atoms with Crippen molar-refractivity contribution in [2.45, 2.75) is 31.9 Å². The van der Waals surface area contributed by atoms with Gasteiger partial charge in [-0.1, -0.05) is 17.3 Å². The number of benzene rings is 2. The van der Waals surface area contributed by atoms with Crippen molar-refractivity contribution in [2.75, 3.05) is 16.8 Å². The standard InChI is InChI=1S/C21H19F3N4O3/c22-14-5-3-13(4-6-14)12-18-26-21(31-27-18)25-17-2-1-11-28(19(17)29)15-7-9-16(10-8-15)30-20(23)24/h3-10,17,20H,1-2,11-12H2,(H,25,26,27). The number of aromatic nitrogens is 2. The van der Waals surface area contributed by atoms with Gasteiger partial charge in [0.25, 0.3) is 0 Å². The smallest absolute Gasteiger partial charge is 0.387 e. The number of carbonyl (C=O) groups is 1. The number of nitrogens with one attached hydrogen (secondary N) is 1. The summed E-state index contributed by atoms with van der Waals surface area (Å²) in [7, 11) is 0. The molecule has 1 aromatic heterocycles. The average molecular weight is 432 g/mol. The number of alkyl halides is 2. The van der Waals surface area contributed by atoms with Crippen LogP contribution in [0, 0.1) is 5.82 Å². The molecule has 1 aliphatic rings. The van der Waals surface area contributed by atoms with Gasteiger partial charge in [0.1, 0.15) is 17.6 Å². The van der Waals surface area contributed by atoms with E-state index in [0.29, 0.717) is 30.9 Å². The molecule has 162 valence electrons. The lowest BCUT2D eigenvalue weighted by molar-refractivity contribution is -0.120. The molecule has 2 heterocycles. The van der Waals surface area contributed by atoms with Crippen molar-refractivity contribution in [2.24, 2.45) is 0 Å². The van der Waals surface area contributed by atoms with Crippen LogP contribution in [0.15, 0.2) is 53.1 Å². The zero-order chi connectivity index (χ0) is 21.8. The molecule has 1 atom stereocenters. The SMILES string of the molecule is O=C1C(Nc2nc(Cc3ccc(F)cc3)no2)CCCN1c1ccc(OC(F)F)cc1. The van der Waals surface area contributed by atoms with Gasteiger partial charge in [-0.05, 0) is 54.8 Å². The van der Waals surface area contributed by atoms with Crippen LogP contribution >= 0.6 is 0 Å². The summed E-state index contributed by atoms with van der Waals surface area (Å²) in [6.45, 7) is -2.40. The van der Waals surface area contributed by atoms with Gasteiger partial charge in [-0.15, -0.1) is 0 Å². The van der Waals surface area contributed by atoms with Crippen LogP contribution in [0.4, 0.5) is 24.9 Å². The first-order chi connectivity index (χ1) is 15.0. The first-order valence-corrected chi connectivity index (χ1v) is 9.68. The molecule has 7 nitrogen and oxygen atoms in total. The molecule has 1 fully saturated rings. The first kappa shape index (κ1) is 20.7. The first-order valence-electron chi connectivity index (χ1n) is 9.68. The van der Waals surface area contributed by atoms with Crippen LogP contribution in [0.25, 0.3) is 0 Å². The molecule has 1 N–H and O–H groups in total. The van der Waals surface area contributed by atoms with Gasteiger partial charge in [0.2, 0.25) is 5.91 Å². The summed E-state index contributed by atoms with van der Waals surface area (Å²) >= 11 is 0. The van der Waals surface area contributed by atoms with Crippen molar-refractivity contribution in [3.05, 3.63) is 65.7 Å².